The lowest BCUT2D eigenvalue weighted by Crippen LogP contribution is -2.32. The maximum absolute atomic E-state index is 11.5. The summed E-state index contributed by atoms with van der Waals surface area (Å²) >= 11 is 1.39. The van der Waals surface area contributed by atoms with Crippen molar-refractivity contribution in [3.8, 4) is 0 Å². The molecule has 0 bridgehead atoms. The van der Waals surface area contributed by atoms with Gasteiger partial charge in [-0.3, -0.25) is 4.79 Å². The molecule has 0 aromatic carbocycles. The summed E-state index contributed by atoms with van der Waals surface area (Å²) in [5.74, 6) is -0.0121. The predicted octanol–water partition coefficient (Wildman–Crippen LogP) is 1.82. The van der Waals surface area contributed by atoms with E-state index in [9.17, 15) is 4.79 Å². The Kier molecular flexibility index (Phi) is 2.59. The Hall–Kier alpha value is -0.900. The van der Waals surface area contributed by atoms with E-state index in [1.54, 1.807) is 6.20 Å². The highest BCUT2D eigenvalue weighted by Gasteiger charge is 2.18. The third kappa shape index (κ3) is 2.06. The van der Waals surface area contributed by atoms with Gasteiger partial charge in [0.25, 0.3) is 5.91 Å². The van der Waals surface area contributed by atoms with Crippen LogP contribution in [0.25, 0.3) is 0 Å². The van der Waals surface area contributed by atoms with Crippen LogP contribution < -0.4 is 5.32 Å². The molecule has 3 nitrogen and oxygen atoms in total. The molecule has 0 aliphatic heterocycles. The van der Waals surface area contributed by atoms with Crippen molar-refractivity contribution in [3.63, 3.8) is 0 Å². The first-order chi connectivity index (χ1) is 6.36. The zero-order valence-electron chi connectivity index (χ0n) is 7.32. The van der Waals surface area contributed by atoms with E-state index in [1.165, 1.54) is 24.2 Å². The van der Waals surface area contributed by atoms with Crippen LogP contribution in [0, 0.1) is 0 Å². The second kappa shape index (κ2) is 3.87. The number of carbonyl (C=O) groups excluding carboxylic acids is 1. The molecule has 1 aliphatic rings. The second-order valence-electron chi connectivity index (χ2n) is 3.29. The minimum absolute atomic E-state index is 0.0121. The molecule has 2 rings (SSSR count). The van der Waals surface area contributed by atoms with E-state index in [4.69, 9.17) is 0 Å². The van der Waals surface area contributed by atoms with Crippen LogP contribution in [0.5, 0.6) is 0 Å². The van der Waals surface area contributed by atoms with Gasteiger partial charge in [0, 0.05) is 17.6 Å². The van der Waals surface area contributed by atoms with Crippen LogP contribution in [-0.2, 0) is 0 Å². The van der Waals surface area contributed by atoms with E-state index >= 15 is 0 Å². The van der Waals surface area contributed by atoms with E-state index < -0.39 is 0 Å². The number of aromatic nitrogens is 1. The molecule has 0 unspecified atom stereocenters. The number of hydrogen-bond acceptors (Lipinski definition) is 3. The first-order valence-corrected chi connectivity index (χ1v) is 5.44. The van der Waals surface area contributed by atoms with Gasteiger partial charge in [0.15, 0.2) is 5.01 Å². The van der Waals surface area contributed by atoms with Gasteiger partial charge in [-0.2, -0.15) is 0 Å². The quantitative estimate of drug-likeness (QED) is 0.784. The van der Waals surface area contributed by atoms with Gasteiger partial charge in [-0.25, -0.2) is 4.98 Å². The summed E-state index contributed by atoms with van der Waals surface area (Å²) in [6.07, 6.45) is 6.38. The second-order valence-corrected chi connectivity index (χ2v) is 4.19. The maximum atomic E-state index is 11.5. The topological polar surface area (TPSA) is 42.0 Å². The maximum Gasteiger partial charge on any atom is 0.280 e. The lowest BCUT2D eigenvalue weighted by molar-refractivity contribution is 0.0937. The minimum Gasteiger partial charge on any atom is -0.347 e. The van der Waals surface area contributed by atoms with Crippen molar-refractivity contribution in [1.29, 1.82) is 0 Å². The number of amides is 1. The molecule has 0 saturated heterocycles. The Morgan fingerprint density at radius 1 is 1.54 bits per heavy atom. The Labute approximate surface area is 81.2 Å². The highest BCUT2D eigenvalue weighted by atomic mass is 32.1. The number of thiazole rings is 1. The fourth-order valence-electron chi connectivity index (χ4n) is 1.65. The molecule has 1 N–H and O–H groups in total. The van der Waals surface area contributed by atoms with Gasteiger partial charge in [-0.05, 0) is 12.8 Å². The molecule has 13 heavy (non-hydrogen) atoms. The third-order valence-corrected chi connectivity index (χ3v) is 3.09. The highest BCUT2D eigenvalue weighted by Crippen LogP contribution is 2.18. The molecular formula is C9H12N2OS. The summed E-state index contributed by atoms with van der Waals surface area (Å²) < 4.78 is 0. The number of nitrogens with zero attached hydrogens (tertiary/aromatic N) is 1. The van der Waals surface area contributed by atoms with Crippen molar-refractivity contribution >= 4 is 17.2 Å². The van der Waals surface area contributed by atoms with Crippen molar-refractivity contribution in [1.82, 2.24) is 10.3 Å². The Morgan fingerprint density at radius 3 is 2.92 bits per heavy atom. The minimum atomic E-state index is -0.0121. The van der Waals surface area contributed by atoms with E-state index in [2.05, 4.69) is 10.3 Å². The van der Waals surface area contributed by atoms with Crippen molar-refractivity contribution < 1.29 is 4.79 Å². The van der Waals surface area contributed by atoms with Crippen LogP contribution >= 0.6 is 11.3 Å². The molecule has 0 radical (unpaired) electrons. The van der Waals surface area contributed by atoms with Gasteiger partial charge in [0.05, 0.1) is 0 Å². The van der Waals surface area contributed by atoms with Crippen molar-refractivity contribution in [2.24, 2.45) is 0 Å². The average molecular weight is 196 g/mol. The molecule has 1 saturated carbocycles. The van der Waals surface area contributed by atoms with Crippen LogP contribution in [0.4, 0.5) is 0 Å². The SMILES string of the molecule is O=C(NC1CCCC1)c1nccs1. The van der Waals surface area contributed by atoms with Crippen molar-refractivity contribution in [3.05, 3.63) is 16.6 Å². The first kappa shape index (κ1) is 8.69. The molecule has 0 atom stereocenters. The largest absolute Gasteiger partial charge is 0.347 e. The van der Waals surface area contributed by atoms with Crippen LogP contribution in [0.15, 0.2) is 11.6 Å². The summed E-state index contributed by atoms with van der Waals surface area (Å²) in [5, 5.41) is 5.39. The number of nitrogens with one attached hydrogen (secondary N) is 1. The number of hydrogen-bond donors (Lipinski definition) is 1. The fraction of sp³-hybridized carbons (Fsp3) is 0.556. The van der Waals surface area contributed by atoms with Gasteiger partial charge < -0.3 is 5.32 Å². The molecule has 1 aliphatic carbocycles. The molecule has 1 heterocycles. The van der Waals surface area contributed by atoms with E-state index in [1.807, 2.05) is 5.38 Å². The summed E-state index contributed by atoms with van der Waals surface area (Å²) in [7, 11) is 0. The molecule has 1 aromatic rings. The van der Waals surface area contributed by atoms with Crippen LogP contribution in [0.1, 0.15) is 35.5 Å². The molecule has 70 valence electrons. The summed E-state index contributed by atoms with van der Waals surface area (Å²) in [5.41, 5.74) is 0. The highest BCUT2D eigenvalue weighted by molar-refractivity contribution is 7.11. The Bertz CT molecular complexity index is 278. The molecule has 1 aromatic heterocycles. The lowest BCUT2D eigenvalue weighted by Gasteiger charge is -2.09. The molecule has 0 spiro atoms. The zero-order chi connectivity index (χ0) is 9.10. The van der Waals surface area contributed by atoms with Gasteiger partial charge in [0.1, 0.15) is 0 Å². The Balaban J connectivity index is 1.91. The third-order valence-electron chi connectivity index (χ3n) is 2.32. The van der Waals surface area contributed by atoms with Crippen LogP contribution in [0.3, 0.4) is 0 Å². The van der Waals surface area contributed by atoms with Crippen molar-refractivity contribution in [2.45, 2.75) is 31.7 Å². The zero-order valence-corrected chi connectivity index (χ0v) is 8.14. The summed E-state index contributed by atoms with van der Waals surface area (Å²) in [4.78, 5) is 15.5. The molecular weight excluding hydrogens is 184 g/mol. The number of carbonyl (C=O) groups is 1. The monoisotopic (exact) mass is 196 g/mol. The lowest BCUT2D eigenvalue weighted by atomic mass is 10.2. The summed E-state index contributed by atoms with van der Waals surface area (Å²) in [6, 6.07) is 0.386. The van der Waals surface area contributed by atoms with E-state index in [0.29, 0.717) is 11.0 Å². The molecule has 1 amide bonds. The standard InChI is InChI=1S/C9H12N2OS/c12-8(9-10-5-6-13-9)11-7-3-1-2-4-7/h5-7H,1-4H2,(H,11,12). The smallest absolute Gasteiger partial charge is 0.280 e. The summed E-state index contributed by atoms with van der Waals surface area (Å²) in [6.45, 7) is 0. The van der Waals surface area contributed by atoms with E-state index in [0.717, 1.165) is 12.8 Å². The molecule has 1 fully saturated rings. The van der Waals surface area contributed by atoms with Crippen LogP contribution in [0.2, 0.25) is 0 Å². The first-order valence-electron chi connectivity index (χ1n) is 4.56. The Morgan fingerprint density at radius 2 is 2.31 bits per heavy atom. The predicted molar refractivity (Wildman–Crippen MR) is 51.8 cm³/mol. The fourth-order valence-corrected chi connectivity index (χ4v) is 2.19. The van der Waals surface area contributed by atoms with Crippen LogP contribution in [-0.4, -0.2) is 16.9 Å². The van der Waals surface area contributed by atoms with Crippen molar-refractivity contribution in [2.75, 3.05) is 0 Å². The number of rotatable bonds is 2. The molecule has 4 heteroatoms. The average Bonchev–Trinajstić information content (AvgIpc) is 2.74. The van der Waals surface area contributed by atoms with Gasteiger partial charge >= 0.3 is 0 Å². The van der Waals surface area contributed by atoms with Gasteiger partial charge in [-0.1, -0.05) is 12.8 Å². The van der Waals surface area contributed by atoms with Gasteiger partial charge in [0.2, 0.25) is 0 Å². The van der Waals surface area contributed by atoms with Gasteiger partial charge in [-0.15, -0.1) is 11.3 Å². The van der Waals surface area contributed by atoms with E-state index in [-0.39, 0.29) is 5.91 Å². The normalized spacial score (nSPS) is 17.5.